The summed E-state index contributed by atoms with van der Waals surface area (Å²) in [5.74, 6) is 0. The van der Waals surface area contributed by atoms with E-state index in [2.05, 4.69) is 52.8 Å². The molecule has 0 saturated carbocycles. The van der Waals surface area contributed by atoms with E-state index in [1.807, 2.05) is 6.92 Å². The predicted molar refractivity (Wildman–Crippen MR) is 81.4 cm³/mol. The minimum absolute atomic E-state index is 0.0317. The van der Waals surface area contributed by atoms with Gasteiger partial charge in [0.25, 0.3) is 0 Å². The van der Waals surface area contributed by atoms with Crippen LogP contribution in [0.2, 0.25) is 0 Å². The van der Waals surface area contributed by atoms with Gasteiger partial charge >= 0.3 is 0 Å². The average Bonchev–Trinajstić information content (AvgIpc) is 2.86. The van der Waals surface area contributed by atoms with E-state index < -0.39 is 0 Å². The Bertz CT molecular complexity index is 697. The molecule has 1 heterocycles. The van der Waals surface area contributed by atoms with E-state index in [0.717, 1.165) is 17.1 Å². The molecule has 2 N–H and O–H groups in total. The first-order valence-corrected chi connectivity index (χ1v) is 7.26. The number of benzene rings is 2. The Kier molecular flexibility index (Phi) is 3.32. The molecule has 0 aliphatic heterocycles. The number of rotatable bonds is 3. The molecule has 2 nitrogen and oxygen atoms in total. The van der Waals surface area contributed by atoms with Gasteiger partial charge in [-0.15, -0.1) is 11.3 Å². The van der Waals surface area contributed by atoms with Gasteiger partial charge in [0, 0.05) is 5.38 Å². The highest BCUT2D eigenvalue weighted by Gasteiger charge is 2.11. The van der Waals surface area contributed by atoms with E-state index in [9.17, 15) is 0 Å². The second-order valence-corrected chi connectivity index (χ2v) is 5.80. The normalized spacial score (nSPS) is 12.7. The molecule has 1 atom stereocenters. The monoisotopic (exact) mass is 268 g/mol. The fourth-order valence-corrected chi connectivity index (χ4v) is 3.04. The largest absolute Gasteiger partial charge is 0.322 e. The van der Waals surface area contributed by atoms with Crippen LogP contribution >= 0.6 is 11.3 Å². The van der Waals surface area contributed by atoms with E-state index >= 15 is 0 Å². The van der Waals surface area contributed by atoms with Crippen molar-refractivity contribution in [3.63, 3.8) is 0 Å². The Labute approximate surface area is 116 Å². The highest BCUT2D eigenvalue weighted by Crippen LogP contribution is 2.24. The molecular weight excluding hydrogens is 252 g/mol. The van der Waals surface area contributed by atoms with Crippen LogP contribution in [0.4, 0.5) is 0 Å². The molecular formula is C16H16N2S. The van der Waals surface area contributed by atoms with Crippen molar-refractivity contribution in [2.75, 3.05) is 0 Å². The molecule has 0 fully saturated rings. The van der Waals surface area contributed by atoms with Crippen molar-refractivity contribution in [3.8, 4) is 0 Å². The predicted octanol–water partition coefficient (Wildman–Crippen LogP) is 3.85. The van der Waals surface area contributed by atoms with Crippen molar-refractivity contribution in [3.05, 3.63) is 64.1 Å². The lowest BCUT2D eigenvalue weighted by Crippen LogP contribution is -2.14. The number of hydrogen-bond acceptors (Lipinski definition) is 3. The van der Waals surface area contributed by atoms with Crippen molar-refractivity contribution in [2.24, 2.45) is 5.73 Å². The van der Waals surface area contributed by atoms with Crippen LogP contribution in [0.15, 0.2) is 47.8 Å². The first kappa shape index (κ1) is 12.3. The fraction of sp³-hybridized carbons (Fsp3) is 0.188. The lowest BCUT2D eigenvalue weighted by Gasteiger charge is -2.11. The van der Waals surface area contributed by atoms with Gasteiger partial charge in [0.2, 0.25) is 0 Å². The fourth-order valence-electron chi connectivity index (χ4n) is 2.36. The number of nitrogens with zero attached hydrogens (tertiary/aromatic N) is 1. The second-order valence-electron chi connectivity index (χ2n) is 4.74. The van der Waals surface area contributed by atoms with Gasteiger partial charge in [0.05, 0.1) is 16.7 Å². The van der Waals surface area contributed by atoms with Gasteiger partial charge in [-0.3, -0.25) is 0 Å². The van der Waals surface area contributed by atoms with Crippen molar-refractivity contribution < 1.29 is 0 Å². The van der Waals surface area contributed by atoms with Crippen LogP contribution in [0.25, 0.3) is 10.8 Å². The van der Waals surface area contributed by atoms with Crippen LogP contribution in [0.3, 0.4) is 0 Å². The van der Waals surface area contributed by atoms with Crippen LogP contribution in [0.5, 0.6) is 0 Å². The Hall–Kier alpha value is -1.71. The van der Waals surface area contributed by atoms with E-state index in [0.29, 0.717) is 0 Å². The molecule has 0 amide bonds. The molecule has 3 rings (SSSR count). The van der Waals surface area contributed by atoms with Crippen molar-refractivity contribution in [1.82, 2.24) is 4.98 Å². The van der Waals surface area contributed by atoms with Gasteiger partial charge in [-0.25, -0.2) is 4.98 Å². The maximum absolute atomic E-state index is 6.28. The molecule has 3 aromatic rings. The van der Waals surface area contributed by atoms with Gasteiger partial charge in [0.15, 0.2) is 0 Å². The maximum Gasteiger partial charge on any atom is 0.0898 e. The van der Waals surface area contributed by atoms with Crippen molar-refractivity contribution >= 4 is 22.1 Å². The van der Waals surface area contributed by atoms with E-state index in [4.69, 9.17) is 5.73 Å². The molecule has 0 radical (unpaired) electrons. The molecule has 1 aromatic heterocycles. The number of nitrogens with two attached hydrogens (primary N) is 1. The minimum atomic E-state index is -0.0317. The van der Waals surface area contributed by atoms with Crippen molar-refractivity contribution in [2.45, 2.75) is 19.4 Å². The zero-order valence-electron chi connectivity index (χ0n) is 10.8. The van der Waals surface area contributed by atoms with E-state index in [1.54, 1.807) is 11.3 Å². The summed E-state index contributed by atoms with van der Waals surface area (Å²) in [6, 6.07) is 14.8. The summed E-state index contributed by atoms with van der Waals surface area (Å²) in [6.45, 7) is 2.01. The average molecular weight is 268 g/mol. The summed E-state index contributed by atoms with van der Waals surface area (Å²) < 4.78 is 0. The highest BCUT2D eigenvalue weighted by molar-refractivity contribution is 7.09. The van der Waals surface area contributed by atoms with Crippen LogP contribution in [-0.2, 0) is 6.42 Å². The molecule has 19 heavy (non-hydrogen) atoms. The standard InChI is InChI=1S/C16H16N2S/c1-11-18-16(10-19-11)15(17)9-13-7-4-6-12-5-2-3-8-14(12)13/h2-8,10,15H,9,17H2,1H3. The van der Waals surface area contributed by atoms with Gasteiger partial charge < -0.3 is 5.73 Å². The first-order chi connectivity index (χ1) is 9.24. The summed E-state index contributed by atoms with van der Waals surface area (Å²) in [6.07, 6.45) is 0.824. The third kappa shape index (κ3) is 2.53. The number of thiazole rings is 1. The van der Waals surface area contributed by atoms with Gasteiger partial charge in [-0.2, -0.15) is 0 Å². The number of aryl methyl sites for hydroxylation is 1. The zero-order valence-corrected chi connectivity index (χ0v) is 11.7. The molecule has 2 aromatic carbocycles. The summed E-state index contributed by atoms with van der Waals surface area (Å²) in [4.78, 5) is 4.48. The Balaban J connectivity index is 1.93. The van der Waals surface area contributed by atoms with Crippen LogP contribution in [0, 0.1) is 6.92 Å². The molecule has 0 bridgehead atoms. The molecule has 1 unspecified atom stereocenters. The lowest BCUT2D eigenvalue weighted by atomic mass is 9.98. The Morgan fingerprint density at radius 1 is 1.16 bits per heavy atom. The first-order valence-electron chi connectivity index (χ1n) is 6.38. The Morgan fingerprint density at radius 2 is 1.95 bits per heavy atom. The molecule has 3 heteroatoms. The summed E-state index contributed by atoms with van der Waals surface area (Å²) in [5.41, 5.74) is 8.56. The topological polar surface area (TPSA) is 38.9 Å². The lowest BCUT2D eigenvalue weighted by molar-refractivity contribution is 0.703. The molecule has 0 spiro atoms. The number of hydrogen-bond donors (Lipinski definition) is 1. The van der Waals surface area contributed by atoms with Gasteiger partial charge in [-0.1, -0.05) is 42.5 Å². The summed E-state index contributed by atoms with van der Waals surface area (Å²) in [7, 11) is 0. The third-order valence-electron chi connectivity index (χ3n) is 3.34. The smallest absolute Gasteiger partial charge is 0.0898 e. The van der Waals surface area contributed by atoms with Crippen LogP contribution < -0.4 is 5.73 Å². The van der Waals surface area contributed by atoms with Crippen LogP contribution in [0.1, 0.15) is 22.3 Å². The van der Waals surface area contributed by atoms with Gasteiger partial charge in [0.1, 0.15) is 0 Å². The highest BCUT2D eigenvalue weighted by atomic mass is 32.1. The maximum atomic E-state index is 6.28. The minimum Gasteiger partial charge on any atom is -0.322 e. The molecule has 0 aliphatic rings. The van der Waals surface area contributed by atoms with Crippen molar-refractivity contribution in [1.29, 1.82) is 0 Å². The SMILES string of the molecule is Cc1nc(C(N)Cc2cccc3ccccc23)cs1. The van der Waals surface area contributed by atoms with Crippen LogP contribution in [-0.4, -0.2) is 4.98 Å². The summed E-state index contributed by atoms with van der Waals surface area (Å²) >= 11 is 1.66. The van der Waals surface area contributed by atoms with E-state index in [1.165, 1.54) is 16.3 Å². The van der Waals surface area contributed by atoms with E-state index in [-0.39, 0.29) is 6.04 Å². The quantitative estimate of drug-likeness (QED) is 0.783. The second kappa shape index (κ2) is 5.11. The molecule has 0 saturated heterocycles. The summed E-state index contributed by atoms with van der Waals surface area (Å²) in [5, 5.41) is 5.68. The Morgan fingerprint density at radius 3 is 2.74 bits per heavy atom. The third-order valence-corrected chi connectivity index (χ3v) is 4.13. The zero-order chi connectivity index (χ0) is 13.2. The van der Waals surface area contributed by atoms with Gasteiger partial charge in [-0.05, 0) is 29.7 Å². The molecule has 0 aliphatic carbocycles. The molecule has 96 valence electrons. The number of aromatic nitrogens is 1. The number of fused-ring (bicyclic) bond motifs is 1.